The molecule has 2 aliphatic carbocycles. The first-order valence-electron chi connectivity index (χ1n) is 9.43. The second kappa shape index (κ2) is 6.93. The average Bonchev–Trinajstić information content (AvgIpc) is 3.33. The molecule has 0 fully saturated rings. The number of carbonyl (C=O) groups is 1. The first kappa shape index (κ1) is 19.0. The number of aryl methyl sites for hydroxylation is 2. The van der Waals surface area contributed by atoms with Crippen LogP contribution in [-0.2, 0) is 35.7 Å². The molecule has 2 aromatic rings. The zero-order chi connectivity index (χ0) is 20.1. The molecule has 150 valence electrons. The van der Waals surface area contributed by atoms with Crippen LogP contribution in [0.25, 0.3) is 0 Å². The van der Waals surface area contributed by atoms with E-state index in [0.29, 0.717) is 18.2 Å². The van der Waals surface area contributed by atoms with Crippen molar-refractivity contribution in [2.45, 2.75) is 63.4 Å². The monoisotopic (exact) mass is 406 g/mol. The lowest BCUT2D eigenvalue weighted by atomic mass is 10.0. The number of hydrogen-bond acceptors (Lipinski definition) is 4. The van der Waals surface area contributed by atoms with Gasteiger partial charge in [0, 0.05) is 17.9 Å². The minimum atomic E-state index is -3.80. The number of pyridine rings is 1. The van der Waals surface area contributed by atoms with Crippen LogP contribution in [0.5, 0.6) is 0 Å². The highest BCUT2D eigenvalue weighted by atomic mass is 32.2. The van der Waals surface area contributed by atoms with Gasteiger partial charge in [0.05, 0.1) is 11.9 Å². The predicted octanol–water partition coefficient (Wildman–Crippen LogP) is 2.91. The van der Waals surface area contributed by atoms with Crippen LogP contribution in [0.2, 0.25) is 0 Å². The van der Waals surface area contributed by atoms with Crippen molar-refractivity contribution in [3.05, 3.63) is 34.5 Å². The van der Waals surface area contributed by atoms with Gasteiger partial charge in [-0.25, -0.2) is 18.5 Å². The van der Waals surface area contributed by atoms with Crippen molar-refractivity contribution >= 4 is 21.6 Å². The number of halogens is 1. The average molecular weight is 406 g/mol. The highest BCUT2D eigenvalue weighted by Crippen LogP contribution is 2.41. The third-order valence-corrected chi connectivity index (χ3v) is 6.66. The molecule has 4 rings (SSSR count). The number of carbonyl (C=O) groups excluding carboxylic acids is 1. The Hall–Kier alpha value is -2.33. The fourth-order valence-electron chi connectivity index (χ4n) is 3.99. The number of anilines is 1. The molecule has 28 heavy (non-hydrogen) atoms. The Kier molecular flexibility index (Phi) is 4.70. The van der Waals surface area contributed by atoms with E-state index in [2.05, 4.69) is 21.7 Å². The summed E-state index contributed by atoms with van der Waals surface area (Å²) in [5.74, 6) is -0.509. The molecule has 0 spiro atoms. The number of fused-ring (bicyclic) bond motifs is 2. The summed E-state index contributed by atoms with van der Waals surface area (Å²) < 4.78 is 31.5. The van der Waals surface area contributed by atoms with Crippen molar-refractivity contribution in [2.24, 2.45) is 9.50 Å². The van der Waals surface area contributed by atoms with Gasteiger partial charge in [-0.05, 0) is 56.1 Å². The van der Waals surface area contributed by atoms with Crippen LogP contribution in [0.1, 0.15) is 55.1 Å². The summed E-state index contributed by atoms with van der Waals surface area (Å²) in [6, 6.07) is -0.861. The van der Waals surface area contributed by atoms with Crippen LogP contribution in [0.4, 0.5) is 14.9 Å². The van der Waals surface area contributed by atoms with Gasteiger partial charge in [-0.1, -0.05) is 6.92 Å². The van der Waals surface area contributed by atoms with Crippen LogP contribution in [0.15, 0.2) is 15.6 Å². The van der Waals surface area contributed by atoms with Gasteiger partial charge < -0.3 is 5.32 Å². The number of nitrogens with two attached hydrogens (primary N) is 1. The van der Waals surface area contributed by atoms with E-state index in [1.54, 1.807) is 6.92 Å². The summed E-state index contributed by atoms with van der Waals surface area (Å²) in [4.78, 5) is 17.4. The summed E-state index contributed by atoms with van der Waals surface area (Å²) in [5.41, 5.74) is 4.76. The summed E-state index contributed by atoms with van der Waals surface area (Å²) in [5, 5.41) is 11.8. The van der Waals surface area contributed by atoms with E-state index in [-0.39, 0.29) is 0 Å². The molecule has 10 heteroatoms. The third kappa shape index (κ3) is 3.20. The molecule has 0 bridgehead atoms. The number of nitrogens with one attached hydrogen (secondary N) is 1. The Balaban J connectivity index is 1.70. The largest absolute Gasteiger partial charge is 0.354 e. The maximum atomic E-state index is 14.0. The van der Waals surface area contributed by atoms with Crippen molar-refractivity contribution < 1.29 is 13.4 Å². The minimum absolute atomic E-state index is 0.333. The van der Waals surface area contributed by atoms with Crippen molar-refractivity contribution in [2.75, 3.05) is 5.32 Å². The Morgan fingerprint density at radius 2 is 2.21 bits per heavy atom. The second-order valence-corrected chi connectivity index (χ2v) is 9.00. The molecule has 2 heterocycles. The highest BCUT2D eigenvalue weighted by Gasteiger charge is 2.30. The number of amides is 2. The number of rotatable bonds is 3. The molecule has 2 aliphatic rings. The summed E-state index contributed by atoms with van der Waals surface area (Å²) in [6.45, 7) is 4.26. The Bertz CT molecular complexity index is 1090. The van der Waals surface area contributed by atoms with Gasteiger partial charge in [-0.2, -0.15) is 5.10 Å². The maximum Gasteiger partial charge on any atom is 0.354 e. The van der Waals surface area contributed by atoms with Crippen molar-refractivity contribution in [3.8, 4) is 0 Å². The molecular formula is C18H23FN6O2S. The van der Waals surface area contributed by atoms with E-state index in [1.807, 2.05) is 0 Å². The molecule has 0 radical (unpaired) electrons. The second-order valence-electron chi connectivity index (χ2n) is 7.30. The molecule has 0 aliphatic heterocycles. The number of nitrogens with zero attached hydrogens (tertiary/aromatic N) is 4. The van der Waals surface area contributed by atoms with Crippen molar-refractivity contribution in [3.63, 3.8) is 0 Å². The van der Waals surface area contributed by atoms with Crippen molar-refractivity contribution in [1.29, 1.82) is 0 Å². The van der Waals surface area contributed by atoms with Crippen LogP contribution in [0, 0.1) is 5.82 Å². The molecular weight excluding hydrogens is 383 g/mol. The third-order valence-electron chi connectivity index (χ3n) is 5.39. The smallest absolute Gasteiger partial charge is 0.305 e. The van der Waals surface area contributed by atoms with Crippen LogP contribution >= 0.6 is 0 Å². The van der Waals surface area contributed by atoms with E-state index >= 15 is 0 Å². The first-order chi connectivity index (χ1) is 13.3. The van der Waals surface area contributed by atoms with Gasteiger partial charge in [0.1, 0.15) is 0 Å². The van der Waals surface area contributed by atoms with Gasteiger partial charge in [-0.15, -0.1) is 4.36 Å². The maximum absolute atomic E-state index is 14.0. The standard InChI is InChI=1S/C18H23FN6O2S/c1-3-25-9-13(19)17(23-25)28(20,27)24-18(26)22-16-11-5-4-6-14(11)21-15-10(2)7-8-12(15)16/h9-10H,3-8H2,1-2H3,(H3,20,21,22,24,26,27)/t10-,28?/m1/s1. The summed E-state index contributed by atoms with van der Waals surface area (Å²) in [7, 11) is -3.80. The normalized spacial score (nSPS) is 19.8. The molecule has 0 saturated carbocycles. The molecule has 1 unspecified atom stereocenters. The quantitative estimate of drug-likeness (QED) is 0.815. The Morgan fingerprint density at radius 3 is 2.93 bits per heavy atom. The zero-order valence-corrected chi connectivity index (χ0v) is 16.7. The van der Waals surface area contributed by atoms with Gasteiger partial charge in [-0.3, -0.25) is 9.67 Å². The van der Waals surface area contributed by atoms with E-state index in [9.17, 15) is 13.4 Å². The van der Waals surface area contributed by atoms with Gasteiger partial charge >= 0.3 is 6.03 Å². The number of urea groups is 1. The minimum Gasteiger partial charge on any atom is -0.305 e. The summed E-state index contributed by atoms with van der Waals surface area (Å²) in [6.07, 6.45) is 5.56. The van der Waals surface area contributed by atoms with E-state index in [4.69, 9.17) is 10.1 Å². The topological polar surface area (TPSA) is 115 Å². The molecule has 2 atom stereocenters. The Morgan fingerprint density at radius 1 is 1.43 bits per heavy atom. The molecule has 0 saturated heterocycles. The molecule has 8 nitrogen and oxygen atoms in total. The van der Waals surface area contributed by atoms with Crippen LogP contribution < -0.4 is 10.5 Å². The van der Waals surface area contributed by atoms with Gasteiger partial charge in [0.25, 0.3) is 0 Å². The lowest BCUT2D eigenvalue weighted by Crippen LogP contribution is -2.20. The Labute approximate surface area is 163 Å². The lowest BCUT2D eigenvalue weighted by molar-refractivity contribution is 0.260. The van der Waals surface area contributed by atoms with Gasteiger partial charge in [0.2, 0.25) is 5.03 Å². The number of aromatic nitrogens is 3. The lowest BCUT2D eigenvalue weighted by Gasteiger charge is -2.15. The molecule has 0 aromatic carbocycles. The van der Waals surface area contributed by atoms with E-state index in [1.165, 1.54) is 4.68 Å². The molecule has 2 aromatic heterocycles. The van der Waals surface area contributed by atoms with Crippen molar-refractivity contribution in [1.82, 2.24) is 14.8 Å². The fourth-order valence-corrected chi connectivity index (χ4v) is 4.92. The number of hydrogen-bond donors (Lipinski definition) is 2. The first-order valence-corrected chi connectivity index (χ1v) is 11.0. The molecule has 3 N–H and O–H groups in total. The predicted molar refractivity (Wildman–Crippen MR) is 103 cm³/mol. The molecule has 2 amide bonds. The fraction of sp³-hybridized carbons (Fsp3) is 0.500. The zero-order valence-electron chi connectivity index (χ0n) is 15.9. The SMILES string of the molecule is CCn1cc(F)c(S(N)(=O)=NC(=O)Nc2c3c(nc4c2CC[C@H]4C)CCC3)n1. The highest BCUT2D eigenvalue weighted by molar-refractivity contribution is 7.91. The summed E-state index contributed by atoms with van der Waals surface area (Å²) >= 11 is 0. The van der Waals surface area contributed by atoms with Gasteiger partial charge in [0.15, 0.2) is 15.7 Å². The van der Waals surface area contributed by atoms with E-state index in [0.717, 1.165) is 60.8 Å². The van der Waals surface area contributed by atoms with Crippen LogP contribution in [0.3, 0.4) is 0 Å². The van der Waals surface area contributed by atoms with E-state index < -0.39 is 26.8 Å². The van der Waals surface area contributed by atoms with Crippen LogP contribution in [-0.4, -0.2) is 25.0 Å².